The number of rotatable bonds is 3. The summed E-state index contributed by atoms with van der Waals surface area (Å²) >= 11 is 10.5. The SMILES string of the molecule is COc1c(Br)cc(-c2cc(-c3cccc(Br)c3)c(C#N)c(N)n2)cc1Br. The maximum atomic E-state index is 9.53. The van der Waals surface area contributed by atoms with Crippen LogP contribution in [-0.4, -0.2) is 12.1 Å². The van der Waals surface area contributed by atoms with Crippen molar-refractivity contribution in [3.8, 4) is 34.2 Å². The summed E-state index contributed by atoms with van der Waals surface area (Å²) in [6.07, 6.45) is 0. The van der Waals surface area contributed by atoms with Crippen LogP contribution < -0.4 is 10.5 Å². The van der Waals surface area contributed by atoms with Crippen LogP contribution in [0.1, 0.15) is 5.56 Å². The normalized spacial score (nSPS) is 10.4. The number of hydrogen-bond donors (Lipinski definition) is 1. The zero-order valence-electron chi connectivity index (χ0n) is 13.6. The molecule has 7 heteroatoms. The van der Waals surface area contributed by atoms with Crippen LogP contribution in [0.4, 0.5) is 5.82 Å². The fraction of sp³-hybridized carbons (Fsp3) is 0.0526. The number of halogens is 3. The topological polar surface area (TPSA) is 71.9 Å². The summed E-state index contributed by atoms with van der Waals surface area (Å²) in [6.45, 7) is 0. The van der Waals surface area contributed by atoms with E-state index in [4.69, 9.17) is 10.5 Å². The lowest BCUT2D eigenvalue weighted by Gasteiger charge is -2.13. The Labute approximate surface area is 176 Å². The monoisotopic (exact) mass is 535 g/mol. The Hall–Kier alpha value is -1.88. The summed E-state index contributed by atoms with van der Waals surface area (Å²) in [4.78, 5) is 4.42. The van der Waals surface area contributed by atoms with E-state index in [-0.39, 0.29) is 5.82 Å². The molecule has 4 nitrogen and oxygen atoms in total. The first kappa shape index (κ1) is 18.9. The molecule has 0 aliphatic carbocycles. The van der Waals surface area contributed by atoms with Crippen LogP contribution in [0.3, 0.4) is 0 Å². The van der Waals surface area contributed by atoms with E-state index in [9.17, 15) is 5.26 Å². The van der Waals surface area contributed by atoms with Crippen LogP contribution in [0.2, 0.25) is 0 Å². The van der Waals surface area contributed by atoms with Gasteiger partial charge in [0.05, 0.1) is 21.7 Å². The second kappa shape index (κ2) is 7.78. The Morgan fingerprint density at radius 1 is 1.04 bits per heavy atom. The molecule has 130 valence electrons. The number of nitrogens with two attached hydrogens (primary N) is 1. The summed E-state index contributed by atoms with van der Waals surface area (Å²) in [7, 11) is 1.61. The highest BCUT2D eigenvalue weighted by Crippen LogP contribution is 2.39. The first-order chi connectivity index (χ1) is 12.4. The first-order valence-electron chi connectivity index (χ1n) is 7.44. The van der Waals surface area contributed by atoms with E-state index in [0.717, 1.165) is 30.1 Å². The van der Waals surface area contributed by atoms with Crippen molar-refractivity contribution in [1.82, 2.24) is 4.98 Å². The molecule has 2 N–H and O–H groups in total. The summed E-state index contributed by atoms with van der Waals surface area (Å²) in [5, 5.41) is 9.53. The molecule has 3 rings (SSSR count). The number of pyridine rings is 1. The van der Waals surface area contributed by atoms with Crippen LogP contribution in [0.5, 0.6) is 5.75 Å². The number of anilines is 1. The van der Waals surface area contributed by atoms with E-state index < -0.39 is 0 Å². The highest BCUT2D eigenvalue weighted by Gasteiger charge is 2.16. The molecule has 2 aromatic carbocycles. The predicted octanol–water partition coefficient (Wildman–Crippen LogP) is 6.17. The number of ether oxygens (including phenoxy) is 1. The third kappa shape index (κ3) is 3.63. The minimum atomic E-state index is 0.197. The van der Waals surface area contributed by atoms with Crippen molar-refractivity contribution in [2.24, 2.45) is 0 Å². The largest absolute Gasteiger partial charge is 0.494 e. The lowest BCUT2D eigenvalue weighted by atomic mass is 9.98. The van der Waals surface area contributed by atoms with E-state index in [1.807, 2.05) is 42.5 Å². The average Bonchev–Trinajstić information content (AvgIpc) is 2.60. The van der Waals surface area contributed by atoms with Crippen LogP contribution in [0.25, 0.3) is 22.4 Å². The Bertz CT molecular complexity index is 1020. The molecular formula is C19H12Br3N3O. The molecule has 0 saturated heterocycles. The van der Waals surface area contributed by atoms with Crippen LogP contribution in [0, 0.1) is 11.3 Å². The maximum Gasteiger partial charge on any atom is 0.147 e. The summed E-state index contributed by atoms with van der Waals surface area (Å²) in [6, 6.07) is 15.6. The lowest BCUT2D eigenvalue weighted by molar-refractivity contribution is 0.409. The average molecular weight is 538 g/mol. The van der Waals surface area contributed by atoms with Gasteiger partial charge < -0.3 is 10.5 Å². The molecule has 26 heavy (non-hydrogen) atoms. The van der Waals surface area contributed by atoms with Crippen molar-refractivity contribution in [1.29, 1.82) is 5.26 Å². The molecule has 1 heterocycles. The second-order valence-corrected chi connectivity index (χ2v) is 8.03. The summed E-state index contributed by atoms with van der Waals surface area (Å²) in [5.74, 6) is 0.894. The van der Waals surface area contributed by atoms with E-state index >= 15 is 0 Å². The first-order valence-corrected chi connectivity index (χ1v) is 9.82. The van der Waals surface area contributed by atoms with Crippen LogP contribution in [0.15, 0.2) is 55.9 Å². The van der Waals surface area contributed by atoms with E-state index in [1.165, 1.54) is 0 Å². The number of aromatic nitrogens is 1. The highest BCUT2D eigenvalue weighted by atomic mass is 79.9. The molecule has 0 fully saturated rings. The van der Waals surface area contributed by atoms with Crippen molar-refractivity contribution < 1.29 is 4.74 Å². The molecule has 0 bridgehead atoms. The zero-order valence-corrected chi connectivity index (χ0v) is 18.3. The fourth-order valence-corrected chi connectivity index (χ4v) is 4.53. The molecule has 1 aromatic heterocycles. The minimum Gasteiger partial charge on any atom is -0.494 e. The van der Waals surface area contributed by atoms with Crippen molar-refractivity contribution in [2.75, 3.05) is 12.8 Å². The summed E-state index contributed by atoms with van der Waals surface area (Å²) < 4.78 is 7.85. The number of nitriles is 1. The van der Waals surface area contributed by atoms with Crippen molar-refractivity contribution in [3.05, 3.63) is 61.4 Å². The van der Waals surface area contributed by atoms with Gasteiger partial charge >= 0.3 is 0 Å². The van der Waals surface area contributed by atoms with Gasteiger partial charge in [0.25, 0.3) is 0 Å². The lowest BCUT2D eigenvalue weighted by Crippen LogP contribution is -2.00. The molecule has 0 aliphatic heterocycles. The van der Waals surface area contributed by atoms with Crippen molar-refractivity contribution in [3.63, 3.8) is 0 Å². The van der Waals surface area contributed by atoms with Gasteiger partial charge in [0.15, 0.2) is 0 Å². The predicted molar refractivity (Wildman–Crippen MR) is 114 cm³/mol. The highest BCUT2D eigenvalue weighted by molar-refractivity contribution is 9.11. The van der Waals surface area contributed by atoms with Gasteiger partial charge in [-0.1, -0.05) is 28.1 Å². The number of nitrogen functional groups attached to an aromatic ring is 1. The Balaban J connectivity index is 2.24. The third-order valence-corrected chi connectivity index (χ3v) is 5.46. The number of nitrogens with zero attached hydrogens (tertiary/aromatic N) is 2. The van der Waals surface area contributed by atoms with Gasteiger partial charge in [0.1, 0.15) is 23.2 Å². The Kier molecular flexibility index (Phi) is 5.66. The van der Waals surface area contributed by atoms with Gasteiger partial charge in [-0.3, -0.25) is 0 Å². The van der Waals surface area contributed by atoms with Gasteiger partial charge in [-0.25, -0.2) is 4.98 Å². The zero-order chi connectivity index (χ0) is 18.8. The fourth-order valence-electron chi connectivity index (χ4n) is 2.62. The minimum absolute atomic E-state index is 0.197. The van der Waals surface area contributed by atoms with Gasteiger partial charge in [-0.15, -0.1) is 0 Å². The second-order valence-electron chi connectivity index (χ2n) is 5.41. The van der Waals surface area contributed by atoms with Crippen molar-refractivity contribution >= 4 is 53.6 Å². The molecule has 0 atom stereocenters. The van der Waals surface area contributed by atoms with Crippen molar-refractivity contribution in [2.45, 2.75) is 0 Å². The molecular weight excluding hydrogens is 526 g/mol. The smallest absolute Gasteiger partial charge is 0.147 e. The molecule has 0 saturated carbocycles. The Morgan fingerprint density at radius 2 is 1.73 bits per heavy atom. The Morgan fingerprint density at radius 3 is 2.31 bits per heavy atom. The quantitative estimate of drug-likeness (QED) is 0.434. The van der Waals surface area contributed by atoms with Gasteiger partial charge in [-0.2, -0.15) is 5.26 Å². The molecule has 0 unspecified atom stereocenters. The molecule has 0 amide bonds. The number of benzene rings is 2. The molecule has 0 spiro atoms. The number of methoxy groups -OCH3 is 1. The van der Waals surface area contributed by atoms with Gasteiger partial charge in [0, 0.05) is 15.6 Å². The van der Waals surface area contributed by atoms with Crippen LogP contribution >= 0.6 is 47.8 Å². The number of hydrogen-bond acceptors (Lipinski definition) is 4. The standard InChI is InChI=1S/C19H12Br3N3O/c1-26-18-15(21)6-11(7-16(18)22)17-8-13(14(9-23)19(24)25-17)10-3-2-4-12(20)5-10/h2-8H,1H3,(H2,24,25). The molecule has 3 aromatic rings. The maximum absolute atomic E-state index is 9.53. The van der Waals surface area contributed by atoms with Gasteiger partial charge in [-0.05, 0) is 67.8 Å². The molecule has 0 radical (unpaired) electrons. The van der Waals surface area contributed by atoms with Crippen LogP contribution in [-0.2, 0) is 0 Å². The van der Waals surface area contributed by atoms with E-state index in [1.54, 1.807) is 7.11 Å². The third-order valence-electron chi connectivity index (χ3n) is 3.79. The van der Waals surface area contributed by atoms with E-state index in [0.29, 0.717) is 17.0 Å². The summed E-state index contributed by atoms with van der Waals surface area (Å²) in [5.41, 5.74) is 9.58. The molecule has 0 aliphatic rings. The van der Waals surface area contributed by atoms with Gasteiger partial charge in [0.2, 0.25) is 0 Å². The van der Waals surface area contributed by atoms with E-state index in [2.05, 4.69) is 58.8 Å².